The summed E-state index contributed by atoms with van der Waals surface area (Å²) in [5.74, 6) is 2.66. The van der Waals surface area contributed by atoms with Crippen LogP contribution in [0.2, 0.25) is 0 Å². The summed E-state index contributed by atoms with van der Waals surface area (Å²) >= 11 is 1.30. The normalized spacial score (nSPS) is 16.8. The fraction of sp³-hybridized carbons (Fsp3) is 0.143. The lowest BCUT2D eigenvalue weighted by Crippen LogP contribution is -2.28. The monoisotopic (exact) mass is 380 g/mol. The first-order valence-corrected chi connectivity index (χ1v) is 9.14. The van der Waals surface area contributed by atoms with Crippen LogP contribution in [0.4, 0.5) is 10.1 Å². The molecule has 6 heteroatoms. The number of rotatable bonds is 5. The number of nitrogens with zero attached hydrogens (tertiary/aromatic N) is 2. The highest BCUT2D eigenvalue weighted by atomic mass is 32.2. The van der Waals surface area contributed by atoms with Crippen LogP contribution in [0.1, 0.15) is 12.5 Å². The Hall–Kier alpha value is -3.04. The minimum atomic E-state index is -0.322. The maximum Gasteiger partial charge on any atom is 0.266 e. The first-order valence-electron chi connectivity index (χ1n) is 8.32. The average molecular weight is 380 g/mol. The fourth-order valence-corrected chi connectivity index (χ4v) is 3.50. The topological polar surface area (TPSA) is 41.9 Å². The van der Waals surface area contributed by atoms with Crippen LogP contribution in [0.5, 0.6) is 5.75 Å². The van der Waals surface area contributed by atoms with Gasteiger partial charge in [0.05, 0.1) is 10.6 Å². The lowest BCUT2D eigenvalue weighted by Gasteiger charge is -2.11. The van der Waals surface area contributed by atoms with Gasteiger partial charge in [0.1, 0.15) is 18.2 Å². The van der Waals surface area contributed by atoms with Crippen molar-refractivity contribution in [2.75, 3.05) is 13.2 Å². The first kappa shape index (κ1) is 18.7. The van der Waals surface area contributed by atoms with Crippen molar-refractivity contribution in [3.63, 3.8) is 0 Å². The van der Waals surface area contributed by atoms with Crippen LogP contribution in [-0.4, -0.2) is 29.1 Å². The molecule has 4 nitrogen and oxygen atoms in total. The molecule has 0 spiro atoms. The third-order valence-electron chi connectivity index (χ3n) is 3.76. The number of ether oxygens (including phenoxy) is 1. The number of thioether (sulfide) groups is 1. The molecular weight excluding hydrogens is 363 g/mol. The van der Waals surface area contributed by atoms with E-state index in [1.165, 1.54) is 23.9 Å². The van der Waals surface area contributed by atoms with Gasteiger partial charge < -0.3 is 4.74 Å². The number of benzene rings is 2. The van der Waals surface area contributed by atoms with Gasteiger partial charge in [0.2, 0.25) is 0 Å². The Morgan fingerprint density at radius 3 is 2.56 bits per heavy atom. The van der Waals surface area contributed by atoms with Crippen molar-refractivity contribution in [2.45, 2.75) is 6.92 Å². The number of likely N-dealkylation sites (N-methyl/N-ethyl adjacent to an activating group) is 1. The van der Waals surface area contributed by atoms with E-state index in [0.29, 0.717) is 28.1 Å². The van der Waals surface area contributed by atoms with Crippen LogP contribution in [-0.2, 0) is 4.79 Å². The van der Waals surface area contributed by atoms with Crippen LogP contribution in [0.15, 0.2) is 58.4 Å². The standard InChI is InChI=1S/C21H17FN2O2S/c1-3-13-26-18-11-5-15(6-12-18)14-19-20(25)24(4-2)21(27-19)23-17-9-7-16(22)8-10-17/h1,5-12,14H,4,13H2,2H3/b19-14+,23-21?. The quantitative estimate of drug-likeness (QED) is 0.568. The van der Waals surface area contributed by atoms with Gasteiger partial charge in [0, 0.05) is 6.54 Å². The molecule has 2 aromatic carbocycles. The molecule has 1 saturated heterocycles. The third-order valence-corrected chi connectivity index (χ3v) is 4.76. The van der Waals surface area contributed by atoms with Gasteiger partial charge in [-0.2, -0.15) is 0 Å². The molecule has 0 unspecified atom stereocenters. The molecule has 136 valence electrons. The molecule has 3 rings (SSSR count). The van der Waals surface area contributed by atoms with Crippen molar-refractivity contribution in [2.24, 2.45) is 4.99 Å². The molecule has 2 aromatic rings. The molecule has 27 heavy (non-hydrogen) atoms. The van der Waals surface area contributed by atoms with Crippen molar-refractivity contribution in [1.82, 2.24) is 4.90 Å². The lowest BCUT2D eigenvalue weighted by molar-refractivity contribution is -0.122. The molecule has 0 N–H and O–H groups in total. The summed E-state index contributed by atoms with van der Waals surface area (Å²) in [6.07, 6.45) is 6.99. The van der Waals surface area contributed by atoms with Crippen molar-refractivity contribution in [3.05, 3.63) is 64.8 Å². The highest BCUT2D eigenvalue weighted by Crippen LogP contribution is 2.34. The van der Waals surface area contributed by atoms with Gasteiger partial charge in [0.25, 0.3) is 5.91 Å². The first-order chi connectivity index (χ1) is 13.1. The number of amides is 1. The van der Waals surface area contributed by atoms with Gasteiger partial charge in [-0.05, 0) is 66.7 Å². The van der Waals surface area contributed by atoms with Crippen LogP contribution in [0.25, 0.3) is 6.08 Å². The summed E-state index contributed by atoms with van der Waals surface area (Å²) < 4.78 is 18.4. The second kappa shape index (κ2) is 8.56. The highest BCUT2D eigenvalue weighted by Gasteiger charge is 2.32. The minimum Gasteiger partial charge on any atom is -0.481 e. The second-order valence-electron chi connectivity index (χ2n) is 5.59. The zero-order valence-electron chi connectivity index (χ0n) is 14.7. The molecule has 1 amide bonds. The maximum atomic E-state index is 13.1. The Morgan fingerprint density at radius 1 is 1.22 bits per heavy atom. The number of carbonyl (C=O) groups excluding carboxylic acids is 1. The van der Waals surface area contributed by atoms with Gasteiger partial charge in [-0.15, -0.1) is 6.42 Å². The van der Waals surface area contributed by atoms with E-state index in [9.17, 15) is 9.18 Å². The number of terminal acetylenes is 1. The van der Waals surface area contributed by atoms with Gasteiger partial charge in [-0.3, -0.25) is 9.69 Å². The summed E-state index contributed by atoms with van der Waals surface area (Å²) in [7, 11) is 0. The second-order valence-corrected chi connectivity index (χ2v) is 6.60. The SMILES string of the molecule is C#CCOc1ccc(/C=C2/SC(=Nc3ccc(F)cc3)N(CC)C2=O)cc1. The van der Waals surface area contributed by atoms with Gasteiger partial charge >= 0.3 is 0 Å². The number of aliphatic imine (C=N–C) groups is 1. The van der Waals surface area contributed by atoms with E-state index < -0.39 is 0 Å². The number of amidine groups is 1. The summed E-state index contributed by atoms with van der Waals surface area (Å²) in [5.41, 5.74) is 1.47. The van der Waals surface area contributed by atoms with Crippen LogP contribution < -0.4 is 4.74 Å². The molecule has 1 fully saturated rings. The average Bonchev–Trinajstić information content (AvgIpc) is 2.97. The molecule has 1 aliphatic rings. The van der Waals surface area contributed by atoms with Crippen LogP contribution in [0.3, 0.4) is 0 Å². The number of hydrogen-bond donors (Lipinski definition) is 0. The Kier molecular flexibility index (Phi) is 5.94. The van der Waals surface area contributed by atoms with Crippen LogP contribution in [0, 0.1) is 18.2 Å². The summed E-state index contributed by atoms with van der Waals surface area (Å²) in [6, 6.07) is 13.2. The molecular formula is C21H17FN2O2S. The Labute approximate surface area is 161 Å². The smallest absolute Gasteiger partial charge is 0.266 e. The lowest BCUT2D eigenvalue weighted by atomic mass is 10.2. The van der Waals surface area contributed by atoms with E-state index in [1.54, 1.807) is 29.2 Å². The molecule has 1 heterocycles. The largest absolute Gasteiger partial charge is 0.481 e. The van der Waals surface area contributed by atoms with Crippen molar-refractivity contribution >= 4 is 34.6 Å². The minimum absolute atomic E-state index is 0.101. The molecule has 0 aromatic heterocycles. The predicted molar refractivity (Wildman–Crippen MR) is 107 cm³/mol. The number of carbonyl (C=O) groups is 1. The zero-order valence-corrected chi connectivity index (χ0v) is 15.5. The Morgan fingerprint density at radius 2 is 1.93 bits per heavy atom. The van der Waals surface area contributed by atoms with E-state index in [-0.39, 0.29) is 18.3 Å². The zero-order chi connectivity index (χ0) is 19.2. The van der Waals surface area contributed by atoms with Gasteiger partial charge in [0.15, 0.2) is 5.17 Å². The Bertz CT molecular complexity index is 928. The van der Waals surface area contributed by atoms with E-state index >= 15 is 0 Å². The predicted octanol–water partition coefficient (Wildman–Crippen LogP) is 4.46. The van der Waals surface area contributed by atoms with E-state index in [2.05, 4.69) is 10.9 Å². The summed E-state index contributed by atoms with van der Waals surface area (Å²) in [4.78, 5) is 19.3. The van der Waals surface area contributed by atoms with Gasteiger partial charge in [-0.1, -0.05) is 18.1 Å². The van der Waals surface area contributed by atoms with Crippen molar-refractivity contribution in [3.8, 4) is 18.1 Å². The van der Waals surface area contributed by atoms with Crippen molar-refractivity contribution < 1.29 is 13.9 Å². The molecule has 0 aliphatic carbocycles. The van der Waals surface area contributed by atoms with E-state index in [0.717, 1.165) is 5.56 Å². The summed E-state index contributed by atoms with van der Waals surface area (Å²) in [6.45, 7) is 2.60. The number of halogens is 1. The molecule has 0 radical (unpaired) electrons. The van der Waals surface area contributed by atoms with Crippen LogP contribution >= 0.6 is 11.8 Å². The molecule has 0 bridgehead atoms. The molecule has 1 aliphatic heterocycles. The van der Waals surface area contributed by atoms with E-state index in [1.807, 2.05) is 25.1 Å². The van der Waals surface area contributed by atoms with E-state index in [4.69, 9.17) is 11.2 Å². The third kappa shape index (κ3) is 4.57. The van der Waals surface area contributed by atoms with Crippen molar-refractivity contribution in [1.29, 1.82) is 0 Å². The fourth-order valence-electron chi connectivity index (χ4n) is 2.43. The molecule has 0 saturated carbocycles. The highest BCUT2D eigenvalue weighted by molar-refractivity contribution is 8.18. The number of hydrogen-bond acceptors (Lipinski definition) is 4. The summed E-state index contributed by atoms with van der Waals surface area (Å²) in [5, 5.41) is 0.578. The maximum absolute atomic E-state index is 13.1. The molecule has 0 atom stereocenters. The Balaban J connectivity index is 1.82. The van der Waals surface area contributed by atoms with Gasteiger partial charge in [-0.25, -0.2) is 9.38 Å².